The van der Waals surface area contributed by atoms with Crippen LogP contribution in [-0.2, 0) is 11.2 Å². The largest absolute Gasteiger partial charge is 0.573 e. The van der Waals surface area contributed by atoms with E-state index in [-0.39, 0.29) is 5.75 Å². The summed E-state index contributed by atoms with van der Waals surface area (Å²) in [7, 11) is 0. The Bertz CT molecular complexity index is 918. The van der Waals surface area contributed by atoms with Gasteiger partial charge in [0.15, 0.2) is 5.82 Å². The zero-order valence-corrected chi connectivity index (χ0v) is 20.6. The fraction of sp³-hybridized carbons (Fsp3) is 0.640. The van der Waals surface area contributed by atoms with Crippen molar-refractivity contribution in [3.05, 3.63) is 36.0 Å². The highest BCUT2D eigenvalue weighted by molar-refractivity contribution is 5.46. The first kappa shape index (κ1) is 25.8. The molecule has 2 fully saturated rings. The summed E-state index contributed by atoms with van der Waals surface area (Å²) in [5, 5.41) is 4.87. The molecule has 4 rings (SSSR count). The topological polar surface area (TPSA) is 46.0 Å². The summed E-state index contributed by atoms with van der Waals surface area (Å²) < 4.78 is 48.9. The minimum atomic E-state index is -4.70. The SMILES string of the molecule is CC(C)CCc1cc(N2CCN(CCN3CCOCC3)CC2)nn1-c1ccc(OC(F)(F)F)cc1. The molecule has 0 amide bonds. The van der Waals surface area contributed by atoms with Crippen LogP contribution in [0.4, 0.5) is 19.0 Å². The molecule has 3 heterocycles. The molecule has 2 aromatic rings. The van der Waals surface area contributed by atoms with Crippen molar-refractivity contribution < 1.29 is 22.6 Å². The second-order valence-electron chi connectivity index (χ2n) is 9.66. The predicted octanol–water partition coefficient (Wildman–Crippen LogP) is 3.81. The predicted molar refractivity (Wildman–Crippen MR) is 129 cm³/mol. The van der Waals surface area contributed by atoms with Gasteiger partial charge in [-0.2, -0.15) is 5.10 Å². The molecule has 35 heavy (non-hydrogen) atoms. The minimum Gasteiger partial charge on any atom is -0.406 e. The first-order chi connectivity index (χ1) is 16.8. The number of anilines is 1. The molecular weight excluding hydrogens is 459 g/mol. The number of rotatable bonds is 9. The van der Waals surface area contributed by atoms with E-state index in [0.29, 0.717) is 5.92 Å². The van der Waals surface area contributed by atoms with E-state index >= 15 is 0 Å². The average molecular weight is 496 g/mol. The van der Waals surface area contributed by atoms with E-state index in [1.807, 2.05) is 4.68 Å². The van der Waals surface area contributed by atoms with Crippen molar-refractivity contribution >= 4 is 5.82 Å². The third-order valence-corrected chi connectivity index (χ3v) is 6.60. The lowest BCUT2D eigenvalue weighted by molar-refractivity contribution is -0.274. The van der Waals surface area contributed by atoms with Gasteiger partial charge in [0.25, 0.3) is 0 Å². The van der Waals surface area contributed by atoms with Crippen molar-refractivity contribution in [2.24, 2.45) is 5.92 Å². The summed E-state index contributed by atoms with van der Waals surface area (Å²) in [6.07, 6.45) is -2.84. The van der Waals surface area contributed by atoms with Crippen molar-refractivity contribution in [3.8, 4) is 11.4 Å². The van der Waals surface area contributed by atoms with Crippen LogP contribution in [0.25, 0.3) is 5.69 Å². The normalized spacial score (nSPS) is 18.4. The molecule has 0 spiro atoms. The van der Waals surface area contributed by atoms with Crippen LogP contribution in [0.1, 0.15) is 26.0 Å². The van der Waals surface area contributed by atoms with E-state index in [2.05, 4.69) is 39.4 Å². The van der Waals surface area contributed by atoms with E-state index in [9.17, 15) is 13.2 Å². The molecule has 0 saturated carbocycles. The molecular formula is C25H36F3N5O2. The van der Waals surface area contributed by atoms with Gasteiger partial charge in [0.2, 0.25) is 0 Å². The molecule has 0 unspecified atom stereocenters. The quantitative estimate of drug-likeness (QED) is 0.527. The number of hydrogen-bond donors (Lipinski definition) is 0. The molecule has 2 aliphatic heterocycles. The Morgan fingerprint density at radius 1 is 0.943 bits per heavy atom. The number of hydrogen-bond acceptors (Lipinski definition) is 6. The summed E-state index contributed by atoms with van der Waals surface area (Å²) in [6.45, 7) is 14.0. The fourth-order valence-electron chi connectivity index (χ4n) is 4.50. The molecule has 0 N–H and O–H groups in total. The van der Waals surface area contributed by atoms with Gasteiger partial charge in [-0.1, -0.05) is 13.8 Å². The van der Waals surface area contributed by atoms with Gasteiger partial charge >= 0.3 is 6.36 Å². The number of ether oxygens (including phenoxy) is 2. The van der Waals surface area contributed by atoms with Gasteiger partial charge in [-0.3, -0.25) is 9.80 Å². The van der Waals surface area contributed by atoms with Crippen LogP contribution >= 0.6 is 0 Å². The number of morpholine rings is 1. The average Bonchev–Trinajstić information content (AvgIpc) is 3.26. The number of aromatic nitrogens is 2. The lowest BCUT2D eigenvalue weighted by atomic mass is 10.1. The van der Waals surface area contributed by atoms with Crippen LogP contribution in [0.2, 0.25) is 0 Å². The van der Waals surface area contributed by atoms with Gasteiger partial charge in [0, 0.05) is 64.1 Å². The number of piperazine rings is 1. The van der Waals surface area contributed by atoms with Crippen LogP contribution in [0.5, 0.6) is 5.75 Å². The first-order valence-corrected chi connectivity index (χ1v) is 12.5. The van der Waals surface area contributed by atoms with Gasteiger partial charge in [-0.25, -0.2) is 4.68 Å². The van der Waals surface area contributed by atoms with E-state index in [0.717, 1.165) is 95.6 Å². The maximum atomic E-state index is 12.5. The summed E-state index contributed by atoms with van der Waals surface area (Å²) in [5.74, 6) is 1.23. The molecule has 0 radical (unpaired) electrons. The van der Waals surface area contributed by atoms with Crippen molar-refractivity contribution in [2.75, 3.05) is 70.5 Å². The summed E-state index contributed by atoms with van der Waals surface area (Å²) >= 11 is 0. The van der Waals surface area contributed by atoms with Gasteiger partial charge in [-0.15, -0.1) is 13.2 Å². The maximum Gasteiger partial charge on any atom is 0.573 e. The van der Waals surface area contributed by atoms with Crippen LogP contribution in [0.3, 0.4) is 0 Å². The number of halogens is 3. The van der Waals surface area contributed by atoms with Crippen molar-refractivity contribution in [3.63, 3.8) is 0 Å². The van der Waals surface area contributed by atoms with Gasteiger partial charge in [0.05, 0.1) is 18.9 Å². The number of benzene rings is 1. The third-order valence-electron chi connectivity index (χ3n) is 6.60. The molecule has 1 aromatic carbocycles. The van der Waals surface area contributed by atoms with Crippen molar-refractivity contribution in [2.45, 2.75) is 33.1 Å². The van der Waals surface area contributed by atoms with Crippen LogP contribution in [0.15, 0.2) is 30.3 Å². The number of alkyl halides is 3. The number of nitrogens with zero attached hydrogens (tertiary/aromatic N) is 5. The Morgan fingerprint density at radius 3 is 2.17 bits per heavy atom. The molecule has 7 nitrogen and oxygen atoms in total. The Hall–Kier alpha value is -2.30. The van der Waals surface area contributed by atoms with Gasteiger partial charge < -0.3 is 14.4 Å². The molecule has 0 bridgehead atoms. The standard InChI is InChI=1S/C25H36F3N5O2/c1-20(2)3-4-22-19-24(29-33(22)21-5-7-23(8-6-21)35-25(26,27)28)32-13-11-30(12-14-32)9-10-31-15-17-34-18-16-31/h5-8,19-20H,3-4,9-18H2,1-2H3. The Morgan fingerprint density at radius 2 is 1.57 bits per heavy atom. The third kappa shape index (κ3) is 7.59. The minimum absolute atomic E-state index is 0.231. The highest BCUT2D eigenvalue weighted by Crippen LogP contribution is 2.26. The number of aryl methyl sites for hydroxylation is 1. The van der Waals surface area contributed by atoms with E-state index in [1.54, 1.807) is 12.1 Å². The lowest BCUT2D eigenvalue weighted by Gasteiger charge is -2.36. The summed E-state index contributed by atoms with van der Waals surface area (Å²) in [4.78, 5) is 7.27. The summed E-state index contributed by atoms with van der Waals surface area (Å²) in [6, 6.07) is 8.06. The molecule has 10 heteroatoms. The zero-order valence-electron chi connectivity index (χ0n) is 20.6. The maximum absolute atomic E-state index is 12.5. The molecule has 2 aliphatic rings. The van der Waals surface area contributed by atoms with Crippen LogP contribution in [0, 0.1) is 5.92 Å². The summed E-state index contributed by atoms with van der Waals surface area (Å²) in [5.41, 5.74) is 1.79. The van der Waals surface area contributed by atoms with Crippen molar-refractivity contribution in [1.82, 2.24) is 19.6 Å². The molecule has 0 aliphatic carbocycles. The molecule has 194 valence electrons. The Labute approximate surface area is 205 Å². The second kappa shape index (κ2) is 11.6. The first-order valence-electron chi connectivity index (χ1n) is 12.5. The highest BCUT2D eigenvalue weighted by atomic mass is 19.4. The second-order valence-corrected chi connectivity index (χ2v) is 9.66. The van der Waals surface area contributed by atoms with Crippen LogP contribution in [-0.4, -0.2) is 91.5 Å². The Kier molecular flexibility index (Phi) is 8.56. The van der Waals surface area contributed by atoms with Crippen LogP contribution < -0.4 is 9.64 Å². The highest BCUT2D eigenvalue weighted by Gasteiger charge is 2.31. The lowest BCUT2D eigenvalue weighted by Crippen LogP contribution is -2.49. The van der Waals surface area contributed by atoms with E-state index < -0.39 is 6.36 Å². The zero-order chi connectivity index (χ0) is 24.8. The molecule has 0 atom stereocenters. The smallest absolute Gasteiger partial charge is 0.406 e. The monoisotopic (exact) mass is 495 g/mol. The van der Waals surface area contributed by atoms with E-state index in [4.69, 9.17) is 9.84 Å². The van der Waals surface area contributed by atoms with Gasteiger partial charge in [0.1, 0.15) is 5.75 Å². The van der Waals surface area contributed by atoms with Crippen molar-refractivity contribution in [1.29, 1.82) is 0 Å². The van der Waals surface area contributed by atoms with Gasteiger partial charge in [-0.05, 0) is 43.0 Å². The molecule has 2 saturated heterocycles. The Balaban J connectivity index is 1.40. The molecule has 1 aromatic heterocycles. The van der Waals surface area contributed by atoms with E-state index in [1.165, 1.54) is 12.1 Å². The fourth-order valence-corrected chi connectivity index (χ4v) is 4.50.